The van der Waals surface area contributed by atoms with Crippen molar-refractivity contribution in [1.82, 2.24) is 5.32 Å². The lowest BCUT2D eigenvalue weighted by Crippen LogP contribution is -2.61. The predicted molar refractivity (Wildman–Crippen MR) is 226 cm³/mol. The van der Waals surface area contributed by atoms with Gasteiger partial charge < -0.3 is 26.7 Å². The van der Waals surface area contributed by atoms with E-state index in [0.29, 0.717) is 28.9 Å². The van der Waals surface area contributed by atoms with Crippen LogP contribution in [0.1, 0.15) is 171 Å². The highest BCUT2D eigenvalue weighted by Crippen LogP contribution is 2.44. The Kier molecular flexibility index (Phi) is 13.2. The molecule has 4 saturated carbocycles. The third-order valence-electron chi connectivity index (χ3n) is 13.5. The quantitative estimate of drug-likeness (QED) is 0.0905. The van der Waals surface area contributed by atoms with Crippen LogP contribution in [0.3, 0.4) is 0 Å². The molecule has 0 saturated heterocycles. The van der Waals surface area contributed by atoms with Crippen LogP contribution in [0.15, 0.2) is 48.5 Å². The van der Waals surface area contributed by atoms with Crippen LogP contribution in [0.2, 0.25) is 0 Å². The number of rotatable bonds is 6. The molecule has 56 heavy (non-hydrogen) atoms. The minimum absolute atomic E-state index is 0.00248. The first kappa shape index (κ1) is 40.1. The molecule has 298 valence electrons. The second-order valence-corrected chi connectivity index (χ2v) is 17.6. The van der Waals surface area contributed by atoms with Crippen molar-refractivity contribution in [2.45, 2.75) is 160 Å². The summed E-state index contributed by atoms with van der Waals surface area (Å²) >= 11 is 0. The van der Waals surface area contributed by atoms with E-state index in [4.69, 9.17) is 0 Å². The molecule has 0 atom stereocenters. The fourth-order valence-corrected chi connectivity index (χ4v) is 10.3. The number of hydrogen-bond donors (Lipinski definition) is 3. The van der Waals surface area contributed by atoms with Crippen LogP contribution in [0.5, 0.6) is 0 Å². The summed E-state index contributed by atoms with van der Waals surface area (Å²) in [5.41, 5.74) is 10.2. The Morgan fingerprint density at radius 3 is 1.45 bits per heavy atom. The van der Waals surface area contributed by atoms with Gasteiger partial charge in [0.05, 0.1) is 18.1 Å². The number of carbonyl (C=O) groups is 3. The topological polar surface area (TPSA) is 142 Å². The van der Waals surface area contributed by atoms with Gasteiger partial charge in [-0.3, -0.25) is 9.59 Å². The van der Waals surface area contributed by atoms with Crippen molar-refractivity contribution in [3.05, 3.63) is 70.8 Å². The summed E-state index contributed by atoms with van der Waals surface area (Å²) in [6.45, 7) is 2.04. The molecule has 7 nitrogen and oxygen atoms in total. The molecule has 5 aromatic carbocycles. The van der Waals surface area contributed by atoms with Crippen molar-refractivity contribution in [3.8, 4) is 0 Å². The Morgan fingerprint density at radius 2 is 0.964 bits per heavy atom. The fraction of sp³-hybridized carbons (Fsp3) is 0.531. The maximum Gasteiger partial charge on any atom is 0.252 e. The maximum absolute atomic E-state index is 13.7. The van der Waals surface area contributed by atoms with Gasteiger partial charge in [-0.25, -0.2) is 0 Å². The van der Waals surface area contributed by atoms with Crippen LogP contribution in [-0.2, 0) is 0 Å². The van der Waals surface area contributed by atoms with E-state index in [1.54, 1.807) is 6.07 Å². The highest BCUT2D eigenvalue weighted by atomic mass is 16.4. The van der Waals surface area contributed by atoms with Gasteiger partial charge in [-0.15, -0.1) is 0 Å². The van der Waals surface area contributed by atoms with Crippen molar-refractivity contribution in [1.29, 1.82) is 0 Å². The second-order valence-electron chi connectivity index (χ2n) is 17.6. The molecule has 5 aromatic rings. The molecular formula is C49H64N3O4+. The molecule has 7 N–H and O–H groups in total. The average Bonchev–Trinajstić information content (AvgIpc) is 3.21. The summed E-state index contributed by atoms with van der Waals surface area (Å²) in [7, 11) is 0. The number of carboxylic acids is 1. The number of nitrogens with one attached hydrogen (secondary N) is 1. The predicted octanol–water partition coefficient (Wildman–Crippen LogP) is 8.75. The Hall–Kier alpha value is -4.07. The number of fused-ring (bicyclic) bond motifs is 2. The van der Waals surface area contributed by atoms with Crippen LogP contribution in [0.25, 0.3) is 43.1 Å². The van der Waals surface area contributed by atoms with E-state index in [-0.39, 0.29) is 23.3 Å². The first-order valence-electron chi connectivity index (χ1n) is 22.1. The molecule has 1 amide bonds. The first-order valence-corrected chi connectivity index (χ1v) is 22.1. The highest BCUT2D eigenvalue weighted by Gasteiger charge is 2.26. The molecule has 0 unspecified atom stereocenters. The monoisotopic (exact) mass is 758 g/mol. The summed E-state index contributed by atoms with van der Waals surface area (Å²) in [6, 6.07) is 17.0. The standard InChI is InChI=1S/C37H37NO4.2C6H13N/c1-21-12-13-24-26-14-17-28(31(39)20-22-8-4-2-5-9-22)35-30(37(41)42)19-16-27(34(26)35)25-15-18-29(32(21)33(24)25)36(40)38-23-10-6-3-7-11-23;2*7-6-4-2-1-3-5-6/h12-19,22-23H,2-11,20H2,1H3,(H,38,40)(H,41,42);2*6H,1-5,7H2/p+1. The summed E-state index contributed by atoms with van der Waals surface area (Å²) in [4.78, 5) is 39.8. The molecule has 0 spiro atoms. The summed E-state index contributed by atoms with van der Waals surface area (Å²) in [6.07, 6.45) is 25.7. The Morgan fingerprint density at radius 1 is 0.536 bits per heavy atom. The van der Waals surface area contributed by atoms with Gasteiger partial charge >= 0.3 is 0 Å². The lowest BCUT2D eigenvalue weighted by Gasteiger charge is -2.24. The number of quaternary nitrogens is 2. The number of carbonyl (C=O) groups excluding carboxylic acids is 3. The van der Waals surface area contributed by atoms with Gasteiger partial charge in [0.25, 0.3) is 5.91 Å². The van der Waals surface area contributed by atoms with E-state index in [0.717, 1.165) is 107 Å². The number of Topliss-reactive ketones (excluding diaryl/α,β-unsaturated/α-hetero) is 1. The van der Waals surface area contributed by atoms with Crippen molar-refractivity contribution >= 4 is 60.7 Å². The molecule has 4 aliphatic carbocycles. The number of aromatic carboxylic acids is 1. The van der Waals surface area contributed by atoms with Gasteiger partial charge in [0.1, 0.15) is 0 Å². The third kappa shape index (κ3) is 8.89. The Balaban J connectivity index is 0.000000288. The van der Waals surface area contributed by atoms with Gasteiger partial charge in [-0.1, -0.05) is 107 Å². The van der Waals surface area contributed by atoms with Crippen LogP contribution in [-0.4, -0.2) is 35.8 Å². The van der Waals surface area contributed by atoms with Crippen LogP contribution < -0.4 is 21.9 Å². The molecule has 4 aliphatic rings. The smallest absolute Gasteiger partial charge is 0.252 e. The summed E-state index contributed by atoms with van der Waals surface area (Å²) in [5.74, 6) is -0.970. The van der Waals surface area contributed by atoms with Gasteiger partial charge in [0.2, 0.25) is 0 Å². The van der Waals surface area contributed by atoms with Crippen molar-refractivity contribution in [2.24, 2.45) is 5.92 Å². The zero-order valence-corrected chi connectivity index (χ0v) is 33.8. The van der Waals surface area contributed by atoms with Crippen molar-refractivity contribution < 1.29 is 31.0 Å². The zero-order chi connectivity index (χ0) is 39.2. The maximum atomic E-state index is 13.7. The lowest BCUT2D eigenvalue weighted by atomic mass is 9.81. The highest BCUT2D eigenvalue weighted by molar-refractivity contribution is 6.37. The largest absolute Gasteiger partial charge is 0.545 e. The molecular weight excluding hydrogens is 695 g/mol. The van der Waals surface area contributed by atoms with Crippen LogP contribution in [0, 0.1) is 12.8 Å². The SMILES string of the molecule is Cc1ccc2c3ccc(C(=O)CC4CCCCC4)c4c(C(=O)[O-])ccc(c5ccc(C(=O)NC6CCCCC6)c1c52)c43.[NH3+]C1CCCCC1.[NH3+]C1CCCCC1. The average molecular weight is 759 g/mol. The van der Waals surface area contributed by atoms with Crippen molar-refractivity contribution in [2.75, 3.05) is 0 Å². The normalized spacial score (nSPS) is 19.1. The Labute approximate surface area is 332 Å². The number of amides is 1. The third-order valence-corrected chi connectivity index (χ3v) is 13.5. The molecule has 0 radical (unpaired) electrons. The minimum Gasteiger partial charge on any atom is -0.545 e. The first-order chi connectivity index (χ1) is 27.2. The number of benzene rings is 5. The van der Waals surface area contributed by atoms with E-state index in [2.05, 4.69) is 22.9 Å². The fourth-order valence-electron chi connectivity index (χ4n) is 10.3. The number of hydrogen-bond acceptors (Lipinski definition) is 4. The van der Waals surface area contributed by atoms with Crippen LogP contribution in [0.4, 0.5) is 0 Å². The van der Waals surface area contributed by atoms with E-state index in [9.17, 15) is 19.5 Å². The Bertz CT molecular complexity index is 2110. The number of carboxylic acid groups (broad SMARTS) is 1. The van der Waals surface area contributed by atoms with Gasteiger partial charge in [-0.2, -0.15) is 0 Å². The molecule has 9 rings (SSSR count). The van der Waals surface area contributed by atoms with E-state index in [1.165, 1.54) is 77.0 Å². The van der Waals surface area contributed by atoms with E-state index < -0.39 is 5.97 Å². The molecule has 0 heterocycles. The summed E-state index contributed by atoms with van der Waals surface area (Å²) < 4.78 is 0. The molecule has 7 heteroatoms. The zero-order valence-electron chi connectivity index (χ0n) is 33.8. The van der Waals surface area contributed by atoms with E-state index >= 15 is 0 Å². The van der Waals surface area contributed by atoms with Gasteiger partial charge in [-0.05, 0) is 126 Å². The molecule has 0 bridgehead atoms. The number of aryl methyl sites for hydroxylation is 1. The molecule has 0 aliphatic heterocycles. The number of ketones is 1. The molecule has 4 fully saturated rings. The van der Waals surface area contributed by atoms with Gasteiger partial charge in [0, 0.05) is 34.5 Å². The van der Waals surface area contributed by atoms with Crippen molar-refractivity contribution in [3.63, 3.8) is 0 Å². The second kappa shape index (κ2) is 18.5. The molecule has 0 aromatic heterocycles. The van der Waals surface area contributed by atoms with Crippen LogP contribution >= 0.6 is 0 Å². The van der Waals surface area contributed by atoms with E-state index in [1.807, 2.05) is 43.3 Å². The lowest BCUT2D eigenvalue weighted by molar-refractivity contribution is -0.425. The van der Waals surface area contributed by atoms with Gasteiger partial charge in [0.15, 0.2) is 5.78 Å². The minimum atomic E-state index is -1.28. The summed E-state index contributed by atoms with van der Waals surface area (Å²) in [5, 5.41) is 22.6.